The molecule has 1 fully saturated rings. The lowest BCUT2D eigenvalue weighted by atomic mass is 10.1. The molecule has 0 bridgehead atoms. The van der Waals surface area contributed by atoms with Crippen LogP contribution in [0.3, 0.4) is 0 Å². The van der Waals surface area contributed by atoms with Crippen molar-refractivity contribution < 1.29 is 4.74 Å². The number of nitrogens with one attached hydrogen (secondary N) is 1. The Hall–Kier alpha value is -0.130. The quantitative estimate of drug-likeness (QED) is 0.861. The molecule has 1 aliphatic heterocycles. The molecule has 1 saturated heterocycles. The van der Waals surface area contributed by atoms with E-state index in [0.717, 1.165) is 26.3 Å². The molecule has 0 aromatic heterocycles. The molecule has 1 aromatic carbocycles. The zero-order chi connectivity index (χ0) is 10.5. The zero-order valence-electron chi connectivity index (χ0n) is 8.71. The first-order chi connectivity index (χ1) is 7.34. The average Bonchev–Trinajstić information content (AvgIpc) is 2.74. The van der Waals surface area contributed by atoms with Gasteiger partial charge in [-0.2, -0.15) is 0 Å². The van der Waals surface area contributed by atoms with E-state index in [9.17, 15) is 0 Å². The molecule has 0 radical (unpaired) electrons. The maximum Gasteiger partial charge on any atom is 0.0717 e. The summed E-state index contributed by atoms with van der Waals surface area (Å²) in [6.45, 7) is 3.90. The number of ether oxygens (including phenoxy) is 1. The summed E-state index contributed by atoms with van der Waals surface area (Å²) in [5.41, 5.74) is 1.27. The van der Waals surface area contributed by atoms with Gasteiger partial charge in [-0.3, -0.25) is 0 Å². The lowest BCUT2D eigenvalue weighted by Crippen LogP contribution is -2.13. The van der Waals surface area contributed by atoms with Crippen LogP contribution in [0.1, 0.15) is 12.0 Å². The van der Waals surface area contributed by atoms with Gasteiger partial charge in [0.25, 0.3) is 0 Å². The van der Waals surface area contributed by atoms with Crippen molar-refractivity contribution >= 4 is 22.6 Å². The van der Waals surface area contributed by atoms with Crippen molar-refractivity contribution in [3.63, 3.8) is 0 Å². The summed E-state index contributed by atoms with van der Waals surface area (Å²) in [6.07, 6.45) is 1.26. The van der Waals surface area contributed by atoms with Crippen LogP contribution in [-0.4, -0.2) is 19.7 Å². The first kappa shape index (κ1) is 11.4. The van der Waals surface area contributed by atoms with Crippen molar-refractivity contribution in [1.82, 2.24) is 5.32 Å². The normalized spacial score (nSPS) is 20.7. The Balaban J connectivity index is 1.71. The average molecular weight is 317 g/mol. The summed E-state index contributed by atoms with van der Waals surface area (Å²) in [5.74, 6) is 0.717. The van der Waals surface area contributed by atoms with Gasteiger partial charge in [-0.1, -0.05) is 12.1 Å². The minimum atomic E-state index is 0.717. The topological polar surface area (TPSA) is 21.3 Å². The lowest BCUT2D eigenvalue weighted by molar-refractivity contribution is 0.0925. The van der Waals surface area contributed by atoms with Gasteiger partial charge in [0.15, 0.2) is 0 Å². The second-order valence-electron chi connectivity index (χ2n) is 4.00. The van der Waals surface area contributed by atoms with Crippen molar-refractivity contribution in [2.75, 3.05) is 19.7 Å². The number of benzene rings is 1. The molecule has 82 valence electrons. The third-order valence-corrected chi connectivity index (χ3v) is 3.42. The maximum atomic E-state index is 5.70. The van der Waals surface area contributed by atoms with Crippen molar-refractivity contribution in [2.24, 2.45) is 5.92 Å². The Morgan fingerprint density at radius 1 is 1.33 bits per heavy atom. The number of hydrogen-bond donors (Lipinski definition) is 1. The monoisotopic (exact) mass is 317 g/mol. The second-order valence-corrected chi connectivity index (χ2v) is 5.25. The Bertz CT molecular complexity index is 293. The van der Waals surface area contributed by atoms with E-state index in [0.29, 0.717) is 5.92 Å². The van der Waals surface area contributed by atoms with Crippen LogP contribution in [0.2, 0.25) is 0 Å². The SMILES string of the molecule is Ic1ccc(COC[C@@H]2CCNC2)cc1. The van der Waals surface area contributed by atoms with Crippen LogP contribution in [0.15, 0.2) is 24.3 Å². The first-order valence-electron chi connectivity index (χ1n) is 5.37. The van der Waals surface area contributed by atoms with Crippen LogP contribution >= 0.6 is 22.6 Å². The predicted molar refractivity (Wildman–Crippen MR) is 69.8 cm³/mol. The van der Waals surface area contributed by atoms with E-state index >= 15 is 0 Å². The van der Waals surface area contributed by atoms with Crippen LogP contribution in [0, 0.1) is 9.49 Å². The van der Waals surface area contributed by atoms with E-state index in [1.807, 2.05) is 0 Å². The molecule has 1 aliphatic rings. The molecule has 0 spiro atoms. The van der Waals surface area contributed by atoms with E-state index in [2.05, 4.69) is 52.2 Å². The molecular weight excluding hydrogens is 301 g/mol. The number of hydrogen-bond acceptors (Lipinski definition) is 2. The number of rotatable bonds is 4. The van der Waals surface area contributed by atoms with Gasteiger partial charge in [-0.05, 0) is 59.2 Å². The summed E-state index contributed by atoms with van der Waals surface area (Å²) in [4.78, 5) is 0. The summed E-state index contributed by atoms with van der Waals surface area (Å²) < 4.78 is 6.98. The fraction of sp³-hybridized carbons (Fsp3) is 0.500. The smallest absolute Gasteiger partial charge is 0.0717 e. The third kappa shape index (κ3) is 3.74. The highest BCUT2D eigenvalue weighted by molar-refractivity contribution is 14.1. The van der Waals surface area contributed by atoms with Crippen LogP contribution in [0.25, 0.3) is 0 Å². The summed E-state index contributed by atoms with van der Waals surface area (Å²) in [6, 6.07) is 8.51. The van der Waals surface area contributed by atoms with Crippen molar-refractivity contribution in [3.05, 3.63) is 33.4 Å². The van der Waals surface area contributed by atoms with Gasteiger partial charge in [0.1, 0.15) is 0 Å². The highest BCUT2D eigenvalue weighted by Crippen LogP contribution is 2.11. The Kier molecular flexibility index (Phi) is 4.41. The van der Waals surface area contributed by atoms with Gasteiger partial charge in [0.2, 0.25) is 0 Å². The Morgan fingerprint density at radius 3 is 2.80 bits per heavy atom. The predicted octanol–water partition coefficient (Wildman–Crippen LogP) is 2.42. The van der Waals surface area contributed by atoms with Gasteiger partial charge in [0.05, 0.1) is 13.2 Å². The fourth-order valence-electron chi connectivity index (χ4n) is 1.78. The molecule has 0 aliphatic carbocycles. The molecule has 1 heterocycles. The molecule has 15 heavy (non-hydrogen) atoms. The van der Waals surface area contributed by atoms with Gasteiger partial charge < -0.3 is 10.1 Å². The van der Waals surface area contributed by atoms with E-state index in [-0.39, 0.29) is 0 Å². The molecule has 0 unspecified atom stereocenters. The first-order valence-corrected chi connectivity index (χ1v) is 6.45. The molecule has 0 amide bonds. The Morgan fingerprint density at radius 2 is 2.13 bits per heavy atom. The highest BCUT2D eigenvalue weighted by atomic mass is 127. The van der Waals surface area contributed by atoms with Crippen molar-refractivity contribution in [1.29, 1.82) is 0 Å². The van der Waals surface area contributed by atoms with Crippen molar-refractivity contribution in [3.8, 4) is 0 Å². The molecule has 2 nitrogen and oxygen atoms in total. The minimum Gasteiger partial charge on any atom is -0.376 e. The molecule has 3 heteroatoms. The van der Waals surface area contributed by atoms with E-state index in [1.54, 1.807) is 0 Å². The number of halogens is 1. The second kappa shape index (κ2) is 5.82. The van der Waals surface area contributed by atoms with Crippen LogP contribution in [0.5, 0.6) is 0 Å². The fourth-order valence-corrected chi connectivity index (χ4v) is 2.14. The molecule has 1 N–H and O–H groups in total. The van der Waals surface area contributed by atoms with E-state index in [4.69, 9.17) is 4.74 Å². The van der Waals surface area contributed by atoms with Gasteiger partial charge in [0, 0.05) is 10.1 Å². The van der Waals surface area contributed by atoms with E-state index < -0.39 is 0 Å². The van der Waals surface area contributed by atoms with Crippen LogP contribution in [-0.2, 0) is 11.3 Å². The van der Waals surface area contributed by atoms with Crippen LogP contribution < -0.4 is 5.32 Å². The highest BCUT2D eigenvalue weighted by Gasteiger charge is 2.13. The largest absolute Gasteiger partial charge is 0.376 e. The zero-order valence-corrected chi connectivity index (χ0v) is 10.9. The molecule has 1 atom stereocenters. The maximum absolute atomic E-state index is 5.70. The Labute approximate surface area is 105 Å². The minimum absolute atomic E-state index is 0.717. The lowest BCUT2D eigenvalue weighted by Gasteiger charge is -2.09. The standard InChI is InChI=1S/C12H16INO/c13-12-3-1-10(2-4-12)8-15-9-11-5-6-14-7-11/h1-4,11,14H,5-9H2/t11-/m1/s1. The molecule has 1 aromatic rings. The third-order valence-electron chi connectivity index (χ3n) is 2.70. The van der Waals surface area contributed by atoms with Gasteiger partial charge >= 0.3 is 0 Å². The molecule has 2 rings (SSSR count). The van der Waals surface area contributed by atoms with Crippen molar-refractivity contribution in [2.45, 2.75) is 13.0 Å². The van der Waals surface area contributed by atoms with E-state index in [1.165, 1.54) is 15.6 Å². The molecular formula is C12H16INO. The van der Waals surface area contributed by atoms with Gasteiger partial charge in [-0.15, -0.1) is 0 Å². The summed E-state index contributed by atoms with van der Waals surface area (Å²) in [7, 11) is 0. The van der Waals surface area contributed by atoms with Crippen LogP contribution in [0.4, 0.5) is 0 Å². The summed E-state index contributed by atoms with van der Waals surface area (Å²) >= 11 is 2.32. The molecule has 0 saturated carbocycles. The summed E-state index contributed by atoms with van der Waals surface area (Å²) in [5, 5.41) is 3.35. The van der Waals surface area contributed by atoms with Gasteiger partial charge in [-0.25, -0.2) is 0 Å².